The molecule has 3 nitrogen and oxygen atoms in total. The van der Waals surface area contributed by atoms with Gasteiger partial charge in [0, 0.05) is 12.2 Å². The van der Waals surface area contributed by atoms with Gasteiger partial charge in [-0.2, -0.15) is 0 Å². The van der Waals surface area contributed by atoms with Crippen LogP contribution in [-0.2, 0) is 6.61 Å². The van der Waals surface area contributed by atoms with E-state index in [-0.39, 0.29) is 6.61 Å². The van der Waals surface area contributed by atoms with E-state index in [2.05, 4.69) is 0 Å². The number of ether oxygens (including phenoxy) is 1. The summed E-state index contributed by atoms with van der Waals surface area (Å²) in [7, 11) is 0. The summed E-state index contributed by atoms with van der Waals surface area (Å²) < 4.78 is 19.2. The molecule has 0 amide bonds. The van der Waals surface area contributed by atoms with Crippen LogP contribution in [0, 0.1) is 5.82 Å². The van der Waals surface area contributed by atoms with Crippen LogP contribution >= 0.6 is 0 Å². The molecule has 4 heteroatoms. The van der Waals surface area contributed by atoms with Crippen LogP contribution in [0.3, 0.4) is 0 Å². The quantitative estimate of drug-likeness (QED) is 0.733. The van der Waals surface area contributed by atoms with Crippen LogP contribution in [0.2, 0.25) is 0 Å². The maximum absolute atomic E-state index is 13.5. The third-order valence-corrected chi connectivity index (χ3v) is 3.45. The number of unbranched alkanes of at least 4 members (excludes halogenated alkanes) is 1. The third kappa shape index (κ3) is 4.83. The second-order valence-electron chi connectivity index (χ2n) is 5.19. The molecule has 1 unspecified atom stereocenters. The lowest BCUT2D eigenvalue weighted by atomic mass is 10.0. The van der Waals surface area contributed by atoms with Gasteiger partial charge in [-0.3, -0.25) is 0 Å². The Morgan fingerprint density at radius 3 is 2.55 bits per heavy atom. The van der Waals surface area contributed by atoms with Crippen molar-refractivity contribution < 1.29 is 19.3 Å². The lowest BCUT2D eigenvalue weighted by Gasteiger charge is -2.16. The van der Waals surface area contributed by atoms with Crippen molar-refractivity contribution in [3.63, 3.8) is 0 Å². The topological polar surface area (TPSA) is 49.7 Å². The highest BCUT2D eigenvalue weighted by Gasteiger charge is 2.14. The van der Waals surface area contributed by atoms with Crippen molar-refractivity contribution in [1.82, 2.24) is 0 Å². The zero-order valence-electron chi connectivity index (χ0n) is 12.4. The average molecular weight is 304 g/mol. The zero-order valence-corrected chi connectivity index (χ0v) is 12.4. The Kier molecular flexibility index (Phi) is 6.37. The number of benzene rings is 2. The van der Waals surface area contributed by atoms with Gasteiger partial charge in [-0.25, -0.2) is 4.39 Å². The van der Waals surface area contributed by atoms with Crippen LogP contribution in [0.15, 0.2) is 48.5 Å². The number of hydrogen-bond acceptors (Lipinski definition) is 3. The Balaban J connectivity index is 2.06. The normalized spacial score (nSPS) is 12.1. The number of rotatable bonds is 8. The molecule has 0 saturated carbocycles. The van der Waals surface area contributed by atoms with Crippen LogP contribution in [-0.4, -0.2) is 16.8 Å². The average Bonchev–Trinajstić information content (AvgIpc) is 2.54. The molecule has 0 aliphatic carbocycles. The second-order valence-corrected chi connectivity index (χ2v) is 5.19. The molecule has 0 saturated heterocycles. The van der Waals surface area contributed by atoms with Crippen molar-refractivity contribution in [2.75, 3.05) is 6.61 Å². The lowest BCUT2D eigenvalue weighted by Crippen LogP contribution is -2.04. The van der Waals surface area contributed by atoms with Crippen LogP contribution in [0.1, 0.15) is 36.5 Å². The lowest BCUT2D eigenvalue weighted by molar-refractivity contribution is 0.153. The van der Waals surface area contributed by atoms with E-state index in [0.29, 0.717) is 37.2 Å². The van der Waals surface area contributed by atoms with E-state index in [1.807, 2.05) is 30.3 Å². The molecule has 0 bridgehead atoms. The highest BCUT2D eigenvalue weighted by atomic mass is 19.1. The summed E-state index contributed by atoms with van der Waals surface area (Å²) in [4.78, 5) is 0. The van der Waals surface area contributed by atoms with Crippen molar-refractivity contribution in [3.8, 4) is 5.75 Å². The van der Waals surface area contributed by atoms with Gasteiger partial charge in [-0.05, 0) is 43.0 Å². The molecule has 118 valence electrons. The van der Waals surface area contributed by atoms with E-state index in [1.165, 1.54) is 12.1 Å². The fraction of sp³-hybridized carbons (Fsp3) is 0.333. The molecule has 0 aliphatic rings. The summed E-state index contributed by atoms with van der Waals surface area (Å²) in [6.45, 7) is 0.454. The molecule has 2 aromatic rings. The van der Waals surface area contributed by atoms with E-state index in [4.69, 9.17) is 9.84 Å². The van der Waals surface area contributed by atoms with Gasteiger partial charge in [-0.15, -0.1) is 0 Å². The fourth-order valence-corrected chi connectivity index (χ4v) is 2.25. The molecular formula is C18H21FO3. The third-order valence-electron chi connectivity index (χ3n) is 3.45. The van der Waals surface area contributed by atoms with Crippen molar-refractivity contribution in [2.45, 2.75) is 32.0 Å². The first-order valence-electron chi connectivity index (χ1n) is 7.46. The predicted octanol–water partition coefficient (Wildman–Crippen LogP) is 3.60. The Bertz CT molecular complexity index is 572. The van der Waals surface area contributed by atoms with Crippen LogP contribution < -0.4 is 4.74 Å². The van der Waals surface area contributed by atoms with E-state index >= 15 is 0 Å². The highest BCUT2D eigenvalue weighted by molar-refractivity contribution is 5.36. The van der Waals surface area contributed by atoms with Gasteiger partial charge in [0.2, 0.25) is 0 Å². The van der Waals surface area contributed by atoms with Gasteiger partial charge in [0.05, 0.1) is 6.10 Å². The first-order valence-corrected chi connectivity index (χ1v) is 7.46. The summed E-state index contributed by atoms with van der Waals surface area (Å²) in [6.07, 6.45) is 0.956. The minimum absolute atomic E-state index is 0.0905. The molecule has 1 atom stereocenters. The molecular weight excluding hydrogens is 283 g/mol. The molecule has 2 rings (SSSR count). The smallest absolute Gasteiger partial charge is 0.125 e. The number of aliphatic hydroxyl groups is 2. The monoisotopic (exact) mass is 304 g/mol. The van der Waals surface area contributed by atoms with E-state index in [9.17, 15) is 9.50 Å². The first kappa shape index (κ1) is 16.5. The highest BCUT2D eigenvalue weighted by Crippen LogP contribution is 2.30. The Labute approximate surface area is 130 Å². The Morgan fingerprint density at radius 2 is 1.82 bits per heavy atom. The van der Waals surface area contributed by atoms with Gasteiger partial charge < -0.3 is 14.9 Å². The molecule has 0 spiro atoms. The number of aliphatic hydroxyl groups excluding tert-OH is 2. The second kappa shape index (κ2) is 8.51. The molecule has 0 aliphatic heterocycles. The van der Waals surface area contributed by atoms with Crippen molar-refractivity contribution in [2.24, 2.45) is 0 Å². The molecule has 2 aromatic carbocycles. The number of halogens is 1. The number of hydrogen-bond donors (Lipinski definition) is 2. The van der Waals surface area contributed by atoms with Crippen LogP contribution in [0.25, 0.3) is 0 Å². The molecule has 22 heavy (non-hydrogen) atoms. The van der Waals surface area contributed by atoms with Crippen LogP contribution in [0.4, 0.5) is 4.39 Å². The van der Waals surface area contributed by atoms with Crippen molar-refractivity contribution >= 4 is 0 Å². The summed E-state index contributed by atoms with van der Waals surface area (Å²) in [5.74, 6) is 0.0880. The molecule has 0 radical (unpaired) electrons. The van der Waals surface area contributed by atoms with Crippen LogP contribution in [0.5, 0.6) is 5.75 Å². The van der Waals surface area contributed by atoms with Gasteiger partial charge >= 0.3 is 0 Å². The first-order chi connectivity index (χ1) is 10.7. The maximum Gasteiger partial charge on any atom is 0.125 e. The minimum atomic E-state index is -0.798. The zero-order chi connectivity index (χ0) is 15.8. The van der Waals surface area contributed by atoms with Crippen molar-refractivity contribution in [3.05, 3.63) is 65.5 Å². The summed E-state index contributed by atoms with van der Waals surface area (Å²) >= 11 is 0. The summed E-state index contributed by atoms with van der Waals surface area (Å²) in [5, 5.41) is 19.0. The SMILES string of the molecule is OCCCCC(O)c1cc(F)ccc1OCc1ccccc1. The largest absolute Gasteiger partial charge is 0.489 e. The Hall–Kier alpha value is -1.91. The van der Waals surface area contributed by atoms with Gasteiger partial charge in [0.1, 0.15) is 18.2 Å². The Morgan fingerprint density at radius 1 is 1.05 bits per heavy atom. The predicted molar refractivity (Wildman–Crippen MR) is 83.1 cm³/mol. The fourth-order valence-electron chi connectivity index (χ4n) is 2.25. The molecule has 2 N–H and O–H groups in total. The summed E-state index contributed by atoms with van der Waals surface area (Å²) in [6, 6.07) is 13.8. The van der Waals surface area contributed by atoms with Crippen molar-refractivity contribution in [1.29, 1.82) is 0 Å². The van der Waals surface area contributed by atoms with E-state index < -0.39 is 11.9 Å². The molecule has 0 aromatic heterocycles. The van der Waals surface area contributed by atoms with E-state index in [0.717, 1.165) is 5.56 Å². The maximum atomic E-state index is 13.5. The van der Waals surface area contributed by atoms with Gasteiger partial charge in [0.25, 0.3) is 0 Å². The molecule has 0 heterocycles. The van der Waals surface area contributed by atoms with Gasteiger partial charge in [-0.1, -0.05) is 30.3 Å². The standard InChI is InChI=1S/C18H21FO3/c19-15-9-10-18(22-13-14-6-2-1-3-7-14)16(12-15)17(21)8-4-5-11-20/h1-3,6-7,9-10,12,17,20-21H,4-5,8,11,13H2. The summed E-state index contributed by atoms with van der Waals surface area (Å²) in [5.41, 5.74) is 1.46. The minimum Gasteiger partial charge on any atom is -0.489 e. The van der Waals surface area contributed by atoms with E-state index in [1.54, 1.807) is 6.07 Å². The van der Waals surface area contributed by atoms with Gasteiger partial charge in [0.15, 0.2) is 0 Å². The molecule has 0 fully saturated rings.